The summed E-state index contributed by atoms with van der Waals surface area (Å²) in [4.78, 5) is 0. The molecule has 0 aliphatic carbocycles. The summed E-state index contributed by atoms with van der Waals surface area (Å²) in [7, 11) is 0. The Bertz CT molecular complexity index is 239. The fourth-order valence-corrected chi connectivity index (χ4v) is 1.73. The van der Waals surface area contributed by atoms with Gasteiger partial charge >= 0.3 is 18.0 Å². The van der Waals surface area contributed by atoms with Gasteiger partial charge in [0.05, 0.1) is 6.42 Å². The van der Waals surface area contributed by atoms with Crippen molar-refractivity contribution in [2.24, 2.45) is 0 Å². The molecule has 0 heterocycles. The summed E-state index contributed by atoms with van der Waals surface area (Å²) in [6.07, 6.45) is -17.1. The van der Waals surface area contributed by atoms with Gasteiger partial charge in [0.15, 0.2) is 0 Å². The SMILES string of the molecule is FC(F)(CCI)CC(F)(C(F)(F)F)C(F)(F)F. The van der Waals surface area contributed by atoms with Gasteiger partial charge in [0.25, 0.3) is 5.92 Å². The zero-order valence-corrected chi connectivity index (χ0v) is 10.1. The van der Waals surface area contributed by atoms with E-state index >= 15 is 0 Å². The van der Waals surface area contributed by atoms with Crippen molar-refractivity contribution in [3.05, 3.63) is 0 Å². The average molecular weight is 388 g/mol. The number of hydrogen-bond donors (Lipinski definition) is 0. The smallest absolute Gasteiger partial charge is 0.223 e. The first-order chi connectivity index (χ1) is 7.27. The number of hydrogen-bond acceptors (Lipinski definition) is 0. The molecule has 0 aromatic heterocycles. The molecule has 104 valence electrons. The molecule has 10 heteroatoms. The molecule has 0 saturated heterocycles. The summed E-state index contributed by atoms with van der Waals surface area (Å²) in [6.45, 7) is 0. The number of alkyl halides is 10. The molecule has 17 heavy (non-hydrogen) atoms. The highest BCUT2D eigenvalue weighted by atomic mass is 127. The van der Waals surface area contributed by atoms with E-state index in [9.17, 15) is 39.5 Å². The third kappa shape index (κ3) is 4.05. The zero-order chi connectivity index (χ0) is 14.1. The van der Waals surface area contributed by atoms with Crippen LogP contribution in [0, 0.1) is 0 Å². The average Bonchev–Trinajstić information content (AvgIpc) is 1.97. The summed E-state index contributed by atoms with van der Waals surface area (Å²) >= 11 is 1.34. The van der Waals surface area contributed by atoms with Crippen LogP contribution in [0.3, 0.4) is 0 Å². The summed E-state index contributed by atoms with van der Waals surface area (Å²) in [5, 5.41) is 0. The quantitative estimate of drug-likeness (QED) is 0.373. The lowest BCUT2D eigenvalue weighted by Crippen LogP contribution is -2.56. The summed E-state index contributed by atoms with van der Waals surface area (Å²) < 4.78 is 110. The van der Waals surface area contributed by atoms with Crippen molar-refractivity contribution in [3.8, 4) is 0 Å². The molecule has 0 spiro atoms. The normalized spacial score (nSPS) is 15.2. The van der Waals surface area contributed by atoms with E-state index in [2.05, 4.69) is 0 Å². The molecule has 0 bridgehead atoms. The minimum Gasteiger partial charge on any atom is -0.223 e. The first kappa shape index (κ1) is 17.1. The molecule has 0 saturated carbocycles. The predicted octanol–water partition coefficient (Wildman–Crippen LogP) is 4.67. The van der Waals surface area contributed by atoms with Crippen LogP contribution in [0.15, 0.2) is 0 Å². The molecule has 0 N–H and O–H groups in total. The van der Waals surface area contributed by atoms with Crippen LogP contribution in [0.2, 0.25) is 0 Å². The van der Waals surface area contributed by atoms with Crippen molar-refractivity contribution in [3.63, 3.8) is 0 Å². The van der Waals surface area contributed by atoms with Crippen molar-refractivity contribution in [1.82, 2.24) is 0 Å². The van der Waals surface area contributed by atoms with Crippen molar-refractivity contribution in [2.45, 2.75) is 36.8 Å². The Morgan fingerprint density at radius 2 is 1.06 bits per heavy atom. The maximum Gasteiger partial charge on any atom is 0.431 e. The lowest BCUT2D eigenvalue weighted by atomic mass is 9.95. The summed E-state index contributed by atoms with van der Waals surface area (Å²) in [5.41, 5.74) is -5.89. The van der Waals surface area contributed by atoms with E-state index in [4.69, 9.17) is 0 Å². The van der Waals surface area contributed by atoms with Gasteiger partial charge in [-0.2, -0.15) is 26.3 Å². The molecule has 0 aromatic carbocycles. The molecule has 0 radical (unpaired) electrons. The molecule has 0 fully saturated rings. The molecule has 0 aliphatic heterocycles. The topological polar surface area (TPSA) is 0 Å². The highest BCUT2D eigenvalue weighted by Crippen LogP contribution is 2.51. The third-order valence-electron chi connectivity index (χ3n) is 1.86. The summed E-state index contributed by atoms with van der Waals surface area (Å²) in [6, 6.07) is 0. The Labute approximate surface area is 104 Å². The molecule has 0 amide bonds. The van der Waals surface area contributed by atoms with Gasteiger partial charge in [-0.05, 0) is 0 Å². The predicted molar refractivity (Wildman–Crippen MR) is 49.0 cm³/mol. The molecule has 0 atom stereocenters. The van der Waals surface area contributed by atoms with Crippen molar-refractivity contribution in [2.75, 3.05) is 4.43 Å². The van der Waals surface area contributed by atoms with Crippen LogP contribution in [-0.4, -0.2) is 28.4 Å². The fourth-order valence-electron chi connectivity index (χ4n) is 0.944. The Balaban J connectivity index is 5.26. The minimum absolute atomic E-state index is 0.392. The highest BCUT2D eigenvalue weighted by Gasteiger charge is 2.74. The van der Waals surface area contributed by atoms with Gasteiger partial charge < -0.3 is 0 Å². The first-order valence-corrected chi connectivity index (χ1v) is 5.55. The molecule has 0 rings (SSSR count). The zero-order valence-electron chi connectivity index (χ0n) is 7.90. The maximum atomic E-state index is 12.9. The van der Waals surface area contributed by atoms with Gasteiger partial charge in [0.1, 0.15) is 0 Å². The highest BCUT2D eigenvalue weighted by molar-refractivity contribution is 14.1. The van der Waals surface area contributed by atoms with E-state index in [0.29, 0.717) is 0 Å². The fraction of sp³-hybridized carbons (Fsp3) is 1.00. The molecular weight excluding hydrogens is 382 g/mol. The van der Waals surface area contributed by atoms with Gasteiger partial charge in [0, 0.05) is 10.8 Å². The van der Waals surface area contributed by atoms with Crippen LogP contribution in [-0.2, 0) is 0 Å². The van der Waals surface area contributed by atoms with Crippen LogP contribution in [0.25, 0.3) is 0 Å². The van der Waals surface area contributed by atoms with Gasteiger partial charge in [-0.3, -0.25) is 0 Å². The van der Waals surface area contributed by atoms with Gasteiger partial charge in [0.2, 0.25) is 0 Å². The Morgan fingerprint density at radius 3 is 1.29 bits per heavy atom. The van der Waals surface area contributed by atoms with E-state index < -0.39 is 41.2 Å². The molecule has 0 unspecified atom stereocenters. The second-order valence-corrected chi connectivity index (χ2v) is 4.35. The monoisotopic (exact) mass is 388 g/mol. The second kappa shape index (κ2) is 5.00. The Morgan fingerprint density at radius 1 is 0.706 bits per heavy atom. The van der Waals surface area contributed by atoms with E-state index in [1.54, 1.807) is 0 Å². The van der Waals surface area contributed by atoms with E-state index in [0.717, 1.165) is 0 Å². The largest absolute Gasteiger partial charge is 0.431 e. The van der Waals surface area contributed by atoms with Crippen LogP contribution in [0.5, 0.6) is 0 Å². The van der Waals surface area contributed by atoms with Gasteiger partial charge in [-0.15, -0.1) is 0 Å². The van der Waals surface area contributed by atoms with E-state index in [1.807, 2.05) is 0 Å². The van der Waals surface area contributed by atoms with Crippen LogP contribution < -0.4 is 0 Å². The van der Waals surface area contributed by atoms with Crippen LogP contribution >= 0.6 is 22.6 Å². The minimum atomic E-state index is -6.43. The van der Waals surface area contributed by atoms with E-state index in [1.165, 1.54) is 22.6 Å². The lowest BCUT2D eigenvalue weighted by Gasteiger charge is -2.32. The van der Waals surface area contributed by atoms with Crippen molar-refractivity contribution in [1.29, 1.82) is 0 Å². The molecule has 0 aliphatic rings. The van der Waals surface area contributed by atoms with E-state index in [-0.39, 0.29) is 0 Å². The summed E-state index contributed by atoms with van der Waals surface area (Å²) in [5.74, 6) is -4.37. The first-order valence-electron chi connectivity index (χ1n) is 4.03. The number of rotatable bonds is 4. The van der Waals surface area contributed by atoms with Gasteiger partial charge in [-0.1, -0.05) is 22.6 Å². The standard InChI is InChI=1S/C7H6F9I/c8-4(9,1-2-17)3-5(10,6(11,12)13)7(14,15)16/h1-3H2. The lowest BCUT2D eigenvalue weighted by molar-refractivity contribution is -0.354. The van der Waals surface area contributed by atoms with Crippen LogP contribution in [0.1, 0.15) is 12.8 Å². The Hall–Kier alpha value is 0.100. The third-order valence-corrected chi connectivity index (χ3v) is 2.40. The molecular formula is C7H6F9I. The second-order valence-electron chi connectivity index (χ2n) is 3.27. The maximum absolute atomic E-state index is 12.9. The van der Waals surface area contributed by atoms with Crippen molar-refractivity contribution < 1.29 is 39.5 Å². The molecule has 0 nitrogen and oxygen atoms in total. The van der Waals surface area contributed by atoms with Gasteiger partial charge in [-0.25, -0.2) is 13.2 Å². The van der Waals surface area contributed by atoms with Crippen molar-refractivity contribution >= 4 is 22.6 Å². The van der Waals surface area contributed by atoms with Crippen LogP contribution in [0.4, 0.5) is 39.5 Å². The number of halogens is 10. The molecule has 0 aromatic rings. The Kier molecular flexibility index (Phi) is 5.03.